The molecule has 1 saturated heterocycles. The van der Waals surface area contributed by atoms with Crippen LogP contribution < -0.4 is 10.0 Å². The van der Waals surface area contributed by atoms with Gasteiger partial charge in [-0.1, -0.05) is 19.1 Å². The van der Waals surface area contributed by atoms with Crippen LogP contribution in [-0.4, -0.2) is 58.0 Å². The van der Waals surface area contributed by atoms with Crippen LogP contribution in [0.15, 0.2) is 29.2 Å². The fraction of sp³-hybridized carbons (Fsp3) is 0.588. The second-order valence-electron chi connectivity index (χ2n) is 6.77. The zero-order chi connectivity index (χ0) is 20.9. The van der Waals surface area contributed by atoms with Crippen molar-refractivity contribution in [1.29, 1.82) is 0 Å². The molecule has 28 heavy (non-hydrogen) atoms. The quantitative estimate of drug-likeness (QED) is 0.628. The number of hydrogen-bond donors (Lipinski definition) is 2. The van der Waals surface area contributed by atoms with E-state index in [1.54, 1.807) is 6.92 Å². The lowest BCUT2D eigenvalue weighted by Crippen LogP contribution is -2.51. The number of hydrogen-bond acceptors (Lipinski definition) is 5. The van der Waals surface area contributed by atoms with E-state index in [4.69, 9.17) is 0 Å². The van der Waals surface area contributed by atoms with Crippen molar-refractivity contribution in [3.63, 3.8) is 0 Å². The summed E-state index contributed by atoms with van der Waals surface area (Å²) in [4.78, 5) is 11.8. The van der Waals surface area contributed by atoms with Gasteiger partial charge in [-0.25, -0.2) is 25.5 Å². The highest BCUT2D eigenvalue weighted by Gasteiger charge is 2.30. The van der Waals surface area contributed by atoms with Crippen molar-refractivity contribution in [1.82, 2.24) is 14.3 Å². The first-order chi connectivity index (χ1) is 13.1. The molecule has 8 nitrogen and oxygen atoms in total. The molecule has 0 radical (unpaired) electrons. The molecule has 11 heteroatoms. The van der Waals surface area contributed by atoms with Crippen LogP contribution in [0.25, 0.3) is 0 Å². The summed E-state index contributed by atoms with van der Waals surface area (Å²) in [6.07, 6.45) is 1.43. The van der Waals surface area contributed by atoms with Crippen LogP contribution in [0.1, 0.15) is 33.1 Å². The number of halogens is 1. The van der Waals surface area contributed by atoms with E-state index < -0.39 is 42.7 Å². The molecule has 1 aliphatic heterocycles. The number of nitrogens with zero attached hydrogens (tertiary/aromatic N) is 1. The molecule has 0 saturated carbocycles. The second kappa shape index (κ2) is 9.29. The normalized spacial score (nSPS) is 18.0. The standard InChI is InChI=1S/C17H26FN3O5S2/c1-3-12-27(23,24)21-10-8-14(9-11-21)19-17(22)13(2)20-28(25,26)16-7-5-4-6-15(16)18/h4-7,13-14,20H,3,8-12H2,1-2H3,(H,19,22)/t13-/m0/s1. The number of nitrogens with one attached hydrogen (secondary N) is 2. The summed E-state index contributed by atoms with van der Waals surface area (Å²) in [7, 11) is -7.45. The topological polar surface area (TPSA) is 113 Å². The van der Waals surface area contributed by atoms with E-state index in [-0.39, 0.29) is 11.8 Å². The first-order valence-electron chi connectivity index (χ1n) is 9.12. The minimum absolute atomic E-state index is 0.0961. The van der Waals surface area contributed by atoms with Crippen LogP contribution in [0.4, 0.5) is 4.39 Å². The summed E-state index contributed by atoms with van der Waals surface area (Å²) in [5.41, 5.74) is 0. The Morgan fingerprint density at radius 3 is 2.39 bits per heavy atom. The van der Waals surface area contributed by atoms with Crippen LogP contribution in [0.3, 0.4) is 0 Å². The third-order valence-corrected chi connectivity index (χ3v) is 8.16. The molecule has 1 aromatic carbocycles. The smallest absolute Gasteiger partial charge is 0.244 e. The third-order valence-electron chi connectivity index (χ3n) is 4.51. The highest BCUT2D eigenvalue weighted by atomic mass is 32.2. The molecule has 2 rings (SSSR count). The zero-order valence-corrected chi connectivity index (χ0v) is 17.5. The van der Waals surface area contributed by atoms with Crippen molar-refractivity contribution >= 4 is 26.0 Å². The van der Waals surface area contributed by atoms with Gasteiger partial charge in [-0.3, -0.25) is 4.79 Å². The summed E-state index contributed by atoms with van der Waals surface area (Å²) < 4.78 is 66.0. The van der Waals surface area contributed by atoms with Crippen LogP contribution in [-0.2, 0) is 24.8 Å². The number of amides is 1. The molecule has 1 aromatic rings. The van der Waals surface area contributed by atoms with Crippen molar-refractivity contribution in [2.24, 2.45) is 0 Å². The Bertz CT molecular complexity index is 897. The Morgan fingerprint density at radius 2 is 1.82 bits per heavy atom. The molecular formula is C17H26FN3O5S2. The first kappa shape index (κ1) is 22.7. The highest BCUT2D eigenvalue weighted by Crippen LogP contribution is 2.16. The van der Waals surface area contributed by atoms with Gasteiger partial charge in [-0.15, -0.1) is 0 Å². The van der Waals surface area contributed by atoms with E-state index >= 15 is 0 Å². The summed E-state index contributed by atoms with van der Waals surface area (Å²) in [6.45, 7) is 3.79. The van der Waals surface area contributed by atoms with Crippen molar-refractivity contribution in [2.45, 2.75) is 50.1 Å². The average Bonchev–Trinajstić information content (AvgIpc) is 2.62. The van der Waals surface area contributed by atoms with E-state index in [0.717, 1.165) is 12.1 Å². The second-order valence-corrected chi connectivity index (χ2v) is 10.5. The number of benzene rings is 1. The van der Waals surface area contributed by atoms with Gasteiger partial charge in [-0.2, -0.15) is 4.72 Å². The van der Waals surface area contributed by atoms with Crippen LogP contribution >= 0.6 is 0 Å². The summed E-state index contributed by atoms with van der Waals surface area (Å²) in [5, 5.41) is 2.73. The molecule has 1 amide bonds. The van der Waals surface area contributed by atoms with Crippen LogP contribution in [0.2, 0.25) is 0 Å². The largest absolute Gasteiger partial charge is 0.352 e. The summed E-state index contributed by atoms with van der Waals surface area (Å²) >= 11 is 0. The van der Waals surface area contributed by atoms with Crippen molar-refractivity contribution in [2.75, 3.05) is 18.8 Å². The lowest BCUT2D eigenvalue weighted by Gasteiger charge is -2.32. The fourth-order valence-electron chi connectivity index (χ4n) is 3.00. The Labute approximate surface area is 165 Å². The third kappa shape index (κ3) is 5.72. The van der Waals surface area contributed by atoms with E-state index in [0.29, 0.717) is 32.4 Å². The van der Waals surface area contributed by atoms with Gasteiger partial charge in [0.2, 0.25) is 26.0 Å². The average molecular weight is 436 g/mol. The summed E-state index contributed by atoms with van der Waals surface area (Å²) in [5.74, 6) is -1.35. The molecule has 0 aliphatic carbocycles. The van der Waals surface area contributed by atoms with Crippen molar-refractivity contribution in [3.05, 3.63) is 30.1 Å². The maximum Gasteiger partial charge on any atom is 0.244 e. The Kier molecular flexibility index (Phi) is 7.54. The van der Waals surface area contributed by atoms with Gasteiger partial charge < -0.3 is 5.32 Å². The molecule has 1 heterocycles. The van der Waals surface area contributed by atoms with Crippen LogP contribution in [0, 0.1) is 5.82 Å². The lowest BCUT2D eigenvalue weighted by molar-refractivity contribution is -0.123. The minimum Gasteiger partial charge on any atom is -0.352 e. The van der Waals surface area contributed by atoms with Gasteiger partial charge in [-0.05, 0) is 38.3 Å². The molecule has 0 aromatic heterocycles. The number of carbonyl (C=O) groups is 1. The van der Waals surface area contributed by atoms with Gasteiger partial charge >= 0.3 is 0 Å². The molecule has 0 unspecified atom stereocenters. The maximum absolute atomic E-state index is 13.7. The van der Waals surface area contributed by atoms with Gasteiger partial charge in [0.25, 0.3) is 0 Å². The van der Waals surface area contributed by atoms with Gasteiger partial charge in [0, 0.05) is 19.1 Å². The van der Waals surface area contributed by atoms with Gasteiger partial charge in [0.1, 0.15) is 10.7 Å². The molecule has 158 valence electrons. The molecule has 1 fully saturated rings. The lowest BCUT2D eigenvalue weighted by atomic mass is 10.1. The number of piperidine rings is 1. The maximum atomic E-state index is 13.7. The molecule has 2 N–H and O–H groups in total. The molecule has 1 atom stereocenters. The highest BCUT2D eigenvalue weighted by molar-refractivity contribution is 7.89. The fourth-order valence-corrected chi connectivity index (χ4v) is 5.83. The number of rotatable bonds is 8. The minimum atomic E-state index is -4.18. The molecule has 0 spiro atoms. The first-order valence-corrected chi connectivity index (χ1v) is 12.2. The SMILES string of the molecule is CCCS(=O)(=O)N1CCC(NC(=O)[C@H](C)NS(=O)(=O)c2ccccc2F)CC1. The predicted octanol–water partition coefficient (Wildman–Crippen LogP) is 0.813. The molecule has 0 bridgehead atoms. The Morgan fingerprint density at radius 1 is 1.21 bits per heavy atom. The van der Waals surface area contributed by atoms with Crippen molar-refractivity contribution < 1.29 is 26.0 Å². The Balaban J connectivity index is 1.91. The monoisotopic (exact) mass is 435 g/mol. The van der Waals surface area contributed by atoms with E-state index in [9.17, 15) is 26.0 Å². The van der Waals surface area contributed by atoms with Gasteiger partial charge in [0.05, 0.1) is 11.8 Å². The summed E-state index contributed by atoms with van der Waals surface area (Å²) in [6, 6.07) is 3.56. The van der Waals surface area contributed by atoms with Crippen LogP contribution in [0.5, 0.6) is 0 Å². The Hall–Kier alpha value is -1.56. The van der Waals surface area contributed by atoms with E-state index in [1.165, 1.54) is 23.4 Å². The molecule has 1 aliphatic rings. The number of carbonyl (C=O) groups excluding carboxylic acids is 1. The van der Waals surface area contributed by atoms with Crippen molar-refractivity contribution in [3.8, 4) is 0 Å². The number of sulfonamides is 2. The van der Waals surface area contributed by atoms with E-state index in [2.05, 4.69) is 10.0 Å². The molecular weight excluding hydrogens is 409 g/mol. The van der Waals surface area contributed by atoms with Gasteiger partial charge in [0.15, 0.2) is 0 Å². The zero-order valence-electron chi connectivity index (χ0n) is 15.9. The van der Waals surface area contributed by atoms with E-state index in [1.807, 2.05) is 0 Å². The predicted molar refractivity (Wildman–Crippen MR) is 103 cm³/mol.